The molecule has 2 nitrogen and oxygen atoms in total. The molecule has 0 saturated carbocycles. The van der Waals surface area contributed by atoms with E-state index in [2.05, 4.69) is 69.2 Å². The van der Waals surface area contributed by atoms with Crippen molar-refractivity contribution in [3.05, 3.63) is 0 Å². The largest absolute Gasteiger partial charge is 0.349 e. The second-order valence-electron chi connectivity index (χ2n) is 8.07. The van der Waals surface area contributed by atoms with E-state index in [0.29, 0.717) is 0 Å². The van der Waals surface area contributed by atoms with Gasteiger partial charge in [0.25, 0.3) is 0 Å². The highest BCUT2D eigenvalue weighted by molar-refractivity contribution is 4.76. The lowest BCUT2D eigenvalue weighted by molar-refractivity contribution is -0.264. The Labute approximate surface area is 108 Å². The molecule has 0 aliphatic heterocycles. The zero-order valence-corrected chi connectivity index (χ0v) is 13.5. The van der Waals surface area contributed by atoms with E-state index in [4.69, 9.17) is 9.47 Å². The van der Waals surface area contributed by atoms with Crippen LogP contribution >= 0.6 is 0 Å². The van der Waals surface area contributed by atoms with Crippen LogP contribution in [0.1, 0.15) is 69.2 Å². The Morgan fingerprint density at radius 1 is 0.706 bits per heavy atom. The van der Waals surface area contributed by atoms with Gasteiger partial charge in [-0.2, -0.15) is 0 Å². The molecule has 17 heavy (non-hydrogen) atoms. The van der Waals surface area contributed by atoms with Crippen LogP contribution in [0.25, 0.3) is 0 Å². The minimum absolute atomic E-state index is 0.0210. The van der Waals surface area contributed by atoms with Crippen molar-refractivity contribution in [1.29, 1.82) is 0 Å². The third-order valence-electron chi connectivity index (χ3n) is 2.71. The van der Waals surface area contributed by atoms with Gasteiger partial charge in [-0.15, -0.1) is 0 Å². The highest BCUT2D eigenvalue weighted by atomic mass is 16.7. The zero-order chi connectivity index (χ0) is 14.1. The molecule has 0 aliphatic carbocycles. The Morgan fingerprint density at radius 2 is 1.12 bits per heavy atom. The second-order valence-corrected chi connectivity index (χ2v) is 8.07. The molecule has 0 spiro atoms. The van der Waals surface area contributed by atoms with E-state index in [0.717, 1.165) is 0 Å². The van der Waals surface area contributed by atoms with Crippen LogP contribution in [-0.2, 0) is 9.47 Å². The standard InChI is InChI=1S/C15H32O2/c1-11(13(2,3)4)16-12(14(5,6)7)17-15(8,9)10/h11-12H,1-10H3. The molecular formula is C15H32O2. The maximum Gasteiger partial charge on any atom is 0.163 e. The predicted molar refractivity (Wildman–Crippen MR) is 74.1 cm³/mol. The van der Waals surface area contributed by atoms with Gasteiger partial charge in [0.2, 0.25) is 0 Å². The third-order valence-corrected chi connectivity index (χ3v) is 2.71. The van der Waals surface area contributed by atoms with Crippen LogP contribution in [-0.4, -0.2) is 18.0 Å². The summed E-state index contributed by atoms with van der Waals surface area (Å²) in [6, 6.07) is 0. The summed E-state index contributed by atoms with van der Waals surface area (Å²) in [5.41, 5.74) is -0.0763. The topological polar surface area (TPSA) is 18.5 Å². The maximum atomic E-state index is 6.13. The van der Waals surface area contributed by atoms with Crippen LogP contribution in [0.2, 0.25) is 0 Å². The van der Waals surface area contributed by atoms with Crippen molar-refractivity contribution in [1.82, 2.24) is 0 Å². The lowest BCUT2D eigenvalue weighted by Gasteiger charge is -2.40. The minimum atomic E-state index is -0.185. The van der Waals surface area contributed by atoms with Gasteiger partial charge in [0, 0.05) is 5.41 Å². The highest BCUT2D eigenvalue weighted by Crippen LogP contribution is 2.32. The number of ether oxygens (including phenoxy) is 2. The van der Waals surface area contributed by atoms with Crippen LogP contribution in [0.15, 0.2) is 0 Å². The minimum Gasteiger partial charge on any atom is -0.349 e. The summed E-state index contributed by atoms with van der Waals surface area (Å²) in [5, 5.41) is 0. The number of rotatable bonds is 3. The van der Waals surface area contributed by atoms with Gasteiger partial charge in [-0.3, -0.25) is 0 Å². The van der Waals surface area contributed by atoms with Crippen molar-refractivity contribution >= 4 is 0 Å². The molecule has 0 rings (SSSR count). The van der Waals surface area contributed by atoms with Gasteiger partial charge >= 0.3 is 0 Å². The van der Waals surface area contributed by atoms with Gasteiger partial charge in [-0.1, -0.05) is 41.5 Å². The van der Waals surface area contributed by atoms with Gasteiger partial charge in [0.05, 0.1) is 11.7 Å². The molecule has 2 atom stereocenters. The Morgan fingerprint density at radius 3 is 1.35 bits per heavy atom. The van der Waals surface area contributed by atoms with E-state index in [9.17, 15) is 0 Å². The first kappa shape index (κ1) is 16.9. The van der Waals surface area contributed by atoms with Crippen molar-refractivity contribution in [2.45, 2.75) is 87.2 Å². The molecule has 0 N–H and O–H groups in total. The molecule has 0 amide bonds. The van der Waals surface area contributed by atoms with E-state index in [1.807, 2.05) is 0 Å². The normalized spacial score (nSPS) is 18.0. The summed E-state index contributed by atoms with van der Waals surface area (Å²) in [7, 11) is 0. The average Bonchev–Trinajstić information content (AvgIpc) is 1.96. The fraction of sp³-hybridized carbons (Fsp3) is 1.00. The molecule has 0 bridgehead atoms. The van der Waals surface area contributed by atoms with E-state index >= 15 is 0 Å². The van der Waals surface area contributed by atoms with Crippen molar-refractivity contribution in [2.75, 3.05) is 0 Å². The Bertz CT molecular complexity index is 225. The molecule has 104 valence electrons. The van der Waals surface area contributed by atoms with Crippen molar-refractivity contribution in [3.8, 4) is 0 Å². The molecule has 0 radical (unpaired) electrons. The van der Waals surface area contributed by atoms with E-state index in [1.165, 1.54) is 0 Å². The molecule has 0 saturated heterocycles. The molecule has 0 aliphatic rings. The molecular weight excluding hydrogens is 212 g/mol. The zero-order valence-electron chi connectivity index (χ0n) is 13.5. The van der Waals surface area contributed by atoms with Crippen molar-refractivity contribution in [2.24, 2.45) is 10.8 Å². The molecule has 0 aromatic carbocycles. The quantitative estimate of drug-likeness (QED) is 0.674. The highest BCUT2D eigenvalue weighted by Gasteiger charge is 2.34. The van der Waals surface area contributed by atoms with Crippen LogP contribution < -0.4 is 0 Å². The predicted octanol–water partition coefficient (Wildman–Crippen LogP) is 4.62. The number of hydrogen-bond donors (Lipinski definition) is 0. The molecule has 0 aromatic heterocycles. The van der Waals surface area contributed by atoms with Crippen molar-refractivity contribution < 1.29 is 9.47 Å². The lowest BCUT2D eigenvalue weighted by Crippen LogP contribution is -2.42. The van der Waals surface area contributed by atoms with E-state index < -0.39 is 0 Å². The van der Waals surface area contributed by atoms with Crippen LogP contribution in [0.3, 0.4) is 0 Å². The fourth-order valence-electron chi connectivity index (χ4n) is 1.12. The van der Waals surface area contributed by atoms with E-state index in [1.54, 1.807) is 0 Å². The van der Waals surface area contributed by atoms with Crippen LogP contribution in [0.4, 0.5) is 0 Å². The maximum absolute atomic E-state index is 6.13. The summed E-state index contributed by atoms with van der Waals surface area (Å²) < 4.78 is 12.2. The fourth-order valence-corrected chi connectivity index (χ4v) is 1.12. The van der Waals surface area contributed by atoms with Crippen molar-refractivity contribution in [3.63, 3.8) is 0 Å². The Hall–Kier alpha value is -0.0800. The summed E-state index contributed by atoms with van der Waals surface area (Å²) in [5.74, 6) is 0. The second kappa shape index (κ2) is 5.27. The summed E-state index contributed by atoms with van der Waals surface area (Å²) in [6.45, 7) is 21.3. The van der Waals surface area contributed by atoms with Crippen LogP contribution in [0, 0.1) is 10.8 Å². The summed E-state index contributed by atoms with van der Waals surface area (Å²) >= 11 is 0. The van der Waals surface area contributed by atoms with Crippen LogP contribution in [0.5, 0.6) is 0 Å². The monoisotopic (exact) mass is 244 g/mol. The lowest BCUT2D eigenvalue weighted by atomic mass is 9.89. The molecule has 0 heterocycles. The van der Waals surface area contributed by atoms with Gasteiger partial charge in [0.15, 0.2) is 6.29 Å². The van der Waals surface area contributed by atoms with Gasteiger partial charge in [0.1, 0.15) is 0 Å². The third kappa shape index (κ3) is 7.05. The molecule has 2 unspecified atom stereocenters. The first-order valence-electron chi connectivity index (χ1n) is 6.57. The molecule has 2 heteroatoms. The first-order chi connectivity index (χ1) is 7.23. The van der Waals surface area contributed by atoms with Gasteiger partial charge in [-0.25, -0.2) is 0 Å². The summed E-state index contributed by atoms with van der Waals surface area (Å²) in [4.78, 5) is 0. The van der Waals surface area contributed by atoms with Gasteiger partial charge < -0.3 is 9.47 Å². The smallest absolute Gasteiger partial charge is 0.163 e. The average molecular weight is 244 g/mol. The molecule has 0 aromatic rings. The molecule has 0 fully saturated rings. The van der Waals surface area contributed by atoms with E-state index in [-0.39, 0.29) is 28.8 Å². The summed E-state index contributed by atoms with van der Waals surface area (Å²) in [6.07, 6.45) is -0.0224. The first-order valence-corrected chi connectivity index (χ1v) is 6.57. The Kier molecular flexibility index (Phi) is 5.25. The SMILES string of the molecule is CC(OC(OC(C)(C)C)C(C)(C)C)C(C)(C)C. The Balaban J connectivity index is 4.74. The number of hydrogen-bond acceptors (Lipinski definition) is 2. The van der Waals surface area contributed by atoms with Gasteiger partial charge in [-0.05, 0) is 33.1 Å².